The second-order valence-corrected chi connectivity index (χ2v) is 5.17. The lowest BCUT2D eigenvalue weighted by Crippen LogP contribution is -2.09. The van der Waals surface area contributed by atoms with Crippen molar-refractivity contribution in [2.75, 3.05) is 0 Å². The third-order valence-corrected chi connectivity index (χ3v) is 3.20. The molecule has 0 aliphatic heterocycles. The Morgan fingerprint density at radius 3 is 2.93 bits per heavy atom. The van der Waals surface area contributed by atoms with Gasteiger partial charge in [-0.1, -0.05) is 13.8 Å². The monoisotopic (exact) mass is 226 g/mol. The quantitative estimate of drug-likeness (QED) is 0.733. The Hall–Kier alpha value is -0.810. The molecule has 2 heterocycles. The van der Waals surface area contributed by atoms with E-state index in [0.717, 1.165) is 10.4 Å². The first-order chi connectivity index (χ1) is 6.58. The van der Waals surface area contributed by atoms with Gasteiger partial charge in [-0.25, -0.2) is 4.98 Å². The average Bonchev–Trinajstić information content (AvgIpc) is 2.45. The molecule has 0 atom stereocenters. The van der Waals surface area contributed by atoms with E-state index in [1.165, 1.54) is 11.3 Å². The van der Waals surface area contributed by atoms with Crippen molar-refractivity contribution in [2.24, 2.45) is 0 Å². The molecule has 2 aromatic rings. The summed E-state index contributed by atoms with van der Waals surface area (Å²) in [6.45, 7) is 4.08. The number of thiol groups is 1. The van der Waals surface area contributed by atoms with Crippen LogP contribution in [0.25, 0.3) is 10.2 Å². The lowest BCUT2D eigenvalue weighted by atomic mass is 10.1. The molecule has 0 aliphatic carbocycles. The highest BCUT2D eigenvalue weighted by molar-refractivity contribution is 7.82. The van der Waals surface area contributed by atoms with Crippen LogP contribution in [0.15, 0.2) is 15.2 Å². The highest BCUT2D eigenvalue weighted by Gasteiger charge is 2.08. The number of nitrogens with zero attached hydrogens (tertiary/aromatic N) is 1. The number of aromatic amines is 1. The third-order valence-electron chi connectivity index (χ3n) is 2.02. The first-order valence-electron chi connectivity index (χ1n) is 4.30. The number of hydrogen-bond acceptors (Lipinski definition) is 4. The van der Waals surface area contributed by atoms with E-state index in [2.05, 4.69) is 22.6 Å². The molecule has 0 fully saturated rings. The summed E-state index contributed by atoms with van der Waals surface area (Å²) in [5.41, 5.74) is 1.31. The van der Waals surface area contributed by atoms with Gasteiger partial charge < -0.3 is 4.98 Å². The van der Waals surface area contributed by atoms with Gasteiger partial charge >= 0.3 is 0 Å². The lowest BCUT2D eigenvalue weighted by molar-refractivity contribution is 0.820. The topological polar surface area (TPSA) is 45.8 Å². The van der Waals surface area contributed by atoms with Crippen molar-refractivity contribution >= 4 is 34.2 Å². The van der Waals surface area contributed by atoms with Crippen molar-refractivity contribution in [3.05, 3.63) is 22.1 Å². The van der Waals surface area contributed by atoms with E-state index < -0.39 is 0 Å². The number of rotatable bonds is 1. The molecule has 0 aromatic carbocycles. The van der Waals surface area contributed by atoms with Crippen molar-refractivity contribution in [1.29, 1.82) is 0 Å². The normalized spacial score (nSPS) is 11.4. The Kier molecular flexibility index (Phi) is 2.36. The van der Waals surface area contributed by atoms with Crippen molar-refractivity contribution < 1.29 is 0 Å². The Morgan fingerprint density at radius 2 is 2.29 bits per heavy atom. The maximum absolute atomic E-state index is 11.6. The minimum atomic E-state index is -0.122. The van der Waals surface area contributed by atoms with Gasteiger partial charge in [-0.2, -0.15) is 0 Å². The molecule has 14 heavy (non-hydrogen) atoms. The Labute approximate surface area is 90.6 Å². The first-order valence-corrected chi connectivity index (χ1v) is 5.57. The summed E-state index contributed by atoms with van der Waals surface area (Å²) in [4.78, 5) is 18.4. The molecule has 0 bridgehead atoms. The zero-order valence-corrected chi connectivity index (χ0v) is 9.58. The fraction of sp³-hybridized carbons (Fsp3) is 0.333. The molecule has 0 aliphatic rings. The van der Waals surface area contributed by atoms with Gasteiger partial charge in [0.15, 0.2) is 0 Å². The smallest absolute Gasteiger partial charge is 0.275 e. The number of thiazole rings is 1. The molecule has 0 amide bonds. The zero-order valence-electron chi connectivity index (χ0n) is 7.87. The fourth-order valence-electron chi connectivity index (χ4n) is 1.26. The Bertz CT molecular complexity index is 527. The molecule has 1 N–H and O–H groups in total. The van der Waals surface area contributed by atoms with Crippen LogP contribution in [-0.4, -0.2) is 9.97 Å². The van der Waals surface area contributed by atoms with Crippen LogP contribution in [0.2, 0.25) is 0 Å². The largest absolute Gasteiger partial charge is 0.324 e. The molecule has 0 spiro atoms. The van der Waals surface area contributed by atoms with Gasteiger partial charge in [-0.15, -0.1) is 24.0 Å². The van der Waals surface area contributed by atoms with Crippen LogP contribution in [0.1, 0.15) is 25.5 Å². The minimum absolute atomic E-state index is 0.122. The minimum Gasteiger partial charge on any atom is -0.324 e. The molecule has 0 radical (unpaired) electrons. The maximum atomic E-state index is 11.6. The number of pyridine rings is 1. The van der Waals surface area contributed by atoms with Crippen LogP contribution in [0.4, 0.5) is 0 Å². The second-order valence-electron chi connectivity index (χ2n) is 3.42. The van der Waals surface area contributed by atoms with Crippen LogP contribution in [0, 0.1) is 0 Å². The van der Waals surface area contributed by atoms with Gasteiger partial charge in [0.25, 0.3) is 5.56 Å². The van der Waals surface area contributed by atoms with Gasteiger partial charge in [0, 0.05) is 5.69 Å². The van der Waals surface area contributed by atoms with Gasteiger partial charge in [0.2, 0.25) is 0 Å². The average molecular weight is 226 g/mol. The van der Waals surface area contributed by atoms with Gasteiger partial charge in [0.05, 0.1) is 4.70 Å². The second kappa shape index (κ2) is 3.40. The number of fused-ring (bicyclic) bond motifs is 1. The van der Waals surface area contributed by atoms with Crippen molar-refractivity contribution in [3.63, 3.8) is 0 Å². The molecule has 3 nitrogen and oxygen atoms in total. The molecular weight excluding hydrogens is 216 g/mol. The van der Waals surface area contributed by atoms with E-state index in [0.29, 0.717) is 15.8 Å². The van der Waals surface area contributed by atoms with E-state index in [-0.39, 0.29) is 5.56 Å². The predicted octanol–water partition coefficient (Wildman–Crippen LogP) is 2.40. The molecular formula is C9H10N2OS2. The van der Waals surface area contributed by atoms with E-state index >= 15 is 0 Å². The number of aromatic nitrogens is 2. The van der Waals surface area contributed by atoms with Gasteiger partial charge in [-0.3, -0.25) is 4.79 Å². The van der Waals surface area contributed by atoms with Crippen LogP contribution < -0.4 is 5.56 Å². The van der Waals surface area contributed by atoms with Crippen molar-refractivity contribution in [3.8, 4) is 0 Å². The summed E-state index contributed by atoms with van der Waals surface area (Å²) in [6, 6.07) is 1.97. The van der Waals surface area contributed by atoms with Crippen LogP contribution in [0.3, 0.4) is 0 Å². The SMILES string of the molecule is CC(C)c1cc2sc(S)nc2c(=O)[nH]1. The Morgan fingerprint density at radius 1 is 1.57 bits per heavy atom. The van der Waals surface area contributed by atoms with Crippen molar-refractivity contribution in [1.82, 2.24) is 9.97 Å². The van der Waals surface area contributed by atoms with Crippen molar-refractivity contribution in [2.45, 2.75) is 24.1 Å². The molecule has 0 unspecified atom stereocenters. The maximum Gasteiger partial charge on any atom is 0.275 e. The number of hydrogen-bond donors (Lipinski definition) is 2. The van der Waals surface area contributed by atoms with E-state index in [1.54, 1.807) is 0 Å². The fourth-order valence-corrected chi connectivity index (χ4v) is 2.41. The standard InChI is InChI=1S/C9H10N2OS2/c1-4(2)5-3-6-7(8(12)10-5)11-9(13)14-6/h3-4H,1-2H3,(H,10,12)(H,11,13). The predicted molar refractivity (Wildman–Crippen MR) is 61.6 cm³/mol. The number of H-pyrrole nitrogens is 1. The summed E-state index contributed by atoms with van der Waals surface area (Å²) < 4.78 is 1.54. The summed E-state index contributed by atoms with van der Waals surface area (Å²) in [6.07, 6.45) is 0. The highest BCUT2D eigenvalue weighted by atomic mass is 32.2. The molecule has 0 saturated heterocycles. The highest BCUT2D eigenvalue weighted by Crippen LogP contribution is 2.23. The summed E-state index contributed by atoms with van der Waals surface area (Å²) in [5, 5.41) is 0. The van der Waals surface area contributed by atoms with Crippen LogP contribution in [0.5, 0.6) is 0 Å². The van der Waals surface area contributed by atoms with Crippen LogP contribution in [-0.2, 0) is 0 Å². The molecule has 5 heteroatoms. The molecule has 2 aromatic heterocycles. The van der Waals surface area contributed by atoms with Crippen LogP contribution >= 0.6 is 24.0 Å². The zero-order chi connectivity index (χ0) is 10.3. The Balaban J connectivity index is 2.78. The molecule has 2 rings (SSSR count). The third kappa shape index (κ3) is 1.57. The van der Waals surface area contributed by atoms with E-state index in [4.69, 9.17) is 0 Å². The summed E-state index contributed by atoms with van der Waals surface area (Å²) >= 11 is 5.56. The molecule has 74 valence electrons. The molecule has 0 saturated carbocycles. The summed E-state index contributed by atoms with van der Waals surface area (Å²) in [5.74, 6) is 0.317. The van der Waals surface area contributed by atoms with Gasteiger partial charge in [0.1, 0.15) is 9.86 Å². The lowest BCUT2D eigenvalue weighted by Gasteiger charge is -2.03. The first kappa shape index (κ1) is 9.73. The van der Waals surface area contributed by atoms with Gasteiger partial charge in [-0.05, 0) is 12.0 Å². The number of nitrogens with one attached hydrogen (secondary N) is 1. The van der Waals surface area contributed by atoms with E-state index in [1.807, 2.05) is 19.9 Å². The summed E-state index contributed by atoms with van der Waals surface area (Å²) in [7, 11) is 0. The van der Waals surface area contributed by atoms with E-state index in [9.17, 15) is 4.79 Å².